The van der Waals surface area contributed by atoms with Crippen molar-refractivity contribution in [3.05, 3.63) is 65.5 Å². The minimum absolute atomic E-state index is 0.325. The summed E-state index contributed by atoms with van der Waals surface area (Å²) in [4.78, 5) is 1.22. The van der Waals surface area contributed by atoms with Crippen molar-refractivity contribution in [1.82, 2.24) is 5.32 Å². The molecule has 2 rings (SSSR count). The molecule has 0 fully saturated rings. The number of aliphatic hydroxyl groups is 1. The van der Waals surface area contributed by atoms with Gasteiger partial charge in [0.15, 0.2) is 0 Å². The van der Waals surface area contributed by atoms with E-state index >= 15 is 0 Å². The molecule has 0 aliphatic rings. The number of thioether (sulfide) groups is 1. The smallest absolute Gasteiger partial charge is 0.129 e. The third kappa shape index (κ3) is 4.07. The maximum absolute atomic E-state index is 13.5. The van der Waals surface area contributed by atoms with E-state index in [1.54, 1.807) is 30.0 Å². The average Bonchev–Trinajstić information content (AvgIpc) is 2.48. The van der Waals surface area contributed by atoms with Crippen molar-refractivity contribution >= 4 is 11.8 Å². The molecular weight excluding hydrogens is 273 g/mol. The Morgan fingerprint density at radius 1 is 1.15 bits per heavy atom. The van der Waals surface area contributed by atoms with E-state index in [9.17, 15) is 9.50 Å². The van der Waals surface area contributed by atoms with Gasteiger partial charge in [-0.2, -0.15) is 0 Å². The molecule has 2 aromatic rings. The molecule has 0 spiro atoms. The van der Waals surface area contributed by atoms with Crippen molar-refractivity contribution in [3.8, 4) is 0 Å². The molecular formula is C16H18FNOS. The highest BCUT2D eigenvalue weighted by Crippen LogP contribution is 2.17. The van der Waals surface area contributed by atoms with Crippen LogP contribution in [0, 0.1) is 5.82 Å². The molecule has 106 valence electrons. The van der Waals surface area contributed by atoms with Gasteiger partial charge >= 0.3 is 0 Å². The SMILES string of the molecule is CSc1ccc(CNCC(O)c2ccccc2F)cc1. The van der Waals surface area contributed by atoms with Gasteiger partial charge in [0, 0.05) is 23.5 Å². The quantitative estimate of drug-likeness (QED) is 0.800. The molecule has 0 radical (unpaired) electrons. The van der Waals surface area contributed by atoms with Crippen LogP contribution in [-0.2, 0) is 6.54 Å². The zero-order valence-electron chi connectivity index (χ0n) is 11.3. The Kier molecular flexibility index (Phi) is 5.59. The average molecular weight is 291 g/mol. The van der Waals surface area contributed by atoms with Crippen LogP contribution in [0.1, 0.15) is 17.2 Å². The van der Waals surface area contributed by atoms with E-state index in [2.05, 4.69) is 17.4 Å². The molecule has 2 aromatic carbocycles. The number of halogens is 1. The number of benzene rings is 2. The molecule has 0 aliphatic carbocycles. The normalized spacial score (nSPS) is 12.3. The predicted molar refractivity (Wildman–Crippen MR) is 81.3 cm³/mol. The van der Waals surface area contributed by atoms with Crippen LogP contribution in [0.2, 0.25) is 0 Å². The van der Waals surface area contributed by atoms with Gasteiger partial charge in [0.25, 0.3) is 0 Å². The lowest BCUT2D eigenvalue weighted by atomic mass is 10.1. The van der Waals surface area contributed by atoms with Gasteiger partial charge < -0.3 is 10.4 Å². The largest absolute Gasteiger partial charge is 0.387 e. The first-order chi connectivity index (χ1) is 9.70. The van der Waals surface area contributed by atoms with Gasteiger partial charge in [-0.25, -0.2) is 4.39 Å². The van der Waals surface area contributed by atoms with Crippen LogP contribution < -0.4 is 5.32 Å². The molecule has 2 N–H and O–H groups in total. The first kappa shape index (κ1) is 15.0. The zero-order valence-corrected chi connectivity index (χ0v) is 12.2. The summed E-state index contributed by atoms with van der Waals surface area (Å²) in [6.07, 6.45) is 1.21. The first-order valence-corrected chi connectivity index (χ1v) is 7.69. The minimum atomic E-state index is -0.832. The lowest BCUT2D eigenvalue weighted by Crippen LogP contribution is -2.21. The second-order valence-electron chi connectivity index (χ2n) is 4.52. The third-order valence-corrected chi connectivity index (χ3v) is 3.83. The fraction of sp³-hybridized carbons (Fsp3) is 0.250. The lowest BCUT2D eigenvalue weighted by Gasteiger charge is -2.13. The molecule has 0 amide bonds. The van der Waals surface area contributed by atoms with Gasteiger partial charge in [-0.05, 0) is 30.0 Å². The monoisotopic (exact) mass is 291 g/mol. The number of rotatable bonds is 6. The molecule has 0 aliphatic heterocycles. The summed E-state index contributed by atoms with van der Waals surface area (Å²) in [5.41, 5.74) is 1.47. The molecule has 4 heteroatoms. The molecule has 2 nitrogen and oxygen atoms in total. The van der Waals surface area contributed by atoms with Gasteiger partial charge in [-0.15, -0.1) is 11.8 Å². The minimum Gasteiger partial charge on any atom is -0.387 e. The summed E-state index contributed by atoms with van der Waals surface area (Å²) in [5, 5.41) is 13.1. The fourth-order valence-corrected chi connectivity index (χ4v) is 2.36. The Balaban J connectivity index is 1.84. The van der Waals surface area contributed by atoms with Crippen LogP contribution in [0.5, 0.6) is 0 Å². The second kappa shape index (κ2) is 7.43. The van der Waals surface area contributed by atoms with Crippen LogP contribution in [0.15, 0.2) is 53.4 Å². The van der Waals surface area contributed by atoms with Crippen LogP contribution in [0.4, 0.5) is 4.39 Å². The molecule has 1 atom stereocenters. The molecule has 20 heavy (non-hydrogen) atoms. The van der Waals surface area contributed by atoms with E-state index < -0.39 is 6.10 Å². The van der Waals surface area contributed by atoms with Gasteiger partial charge in [-0.1, -0.05) is 30.3 Å². The van der Waals surface area contributed by atoms with Crippen molar-refractivity contribution in [2.45, 2.75) is 17.5 Å². The summed E-state index contributed by atoms with van der Waals surface area (Å²) in [5.74, 6) is -0.369. The number of hydrogen-bond donors (Lipinski definition) is 2. The Labute approximate surface area is 123 Å². The number of aliphatic hydroxyl groups excluding tert-OH is 1. The van der Waals surface area contributed by atoms with E-state index in [4.69, 9.17) is 0 Å². The number of nitrogens with one attached hydrogen (secondary N) is 1. The summed E-state index contributed by atoms with van der Waals surface area (Å²) >= 11 is 1.70. The van der Waals surface area contributed by atoms with Crippen LogP contribution in [-0.4, -0.2) is 17.9 Å². The van der Waals surface area contributed by atoms with Crippen LogP contribution in [0.3, 0.4) is 0 Å². The van der Waals surface area contributed by atoms with E-state index in [0.717, 1.165) is 5.56 Å². The van der Waals surface area contributed by atoms with E-state index in [0.29, 0.717) is 18.7 Å². The predicted octanol–water partition coefficient (Wildman–Crippen LogP) is 3.37. The molecule has 0 saturated carbocycles. The van der Waals surface area contributed by atoms with Gasteiger partial charge in [0.05, 0.1) is 6.10 Å². The highest BCUT2D eigenvalue weighted by atomic mass is 32.2. The van der Waals surface area contributed by atoms with Crippen molar-refractivity contribution in [1.29, 1.82) is 0 Å². The maximum atomic E-state index is 13.5. The van der Waals surface area contributed by atoms with E-state index in [-0.39, 0.29) is 5.82 Å². The van der Waals surface area contributed by atoms with Gasteiger partial charge in [-0.3, -0.25) is 0 Å². The molecule has 0 saturated heterocycles. The van der Waals surface area contributed by atoms with E-state index in [1.165, 1.54) is 11.0 Å². The fourth-order valence-electron chi connectivity index (χ4n) is 1.95. The highest BCUT2D eigenvalue weighted by molar-refractivity contribution is 7.98. The Bertz CT molecular complexity index is 544. The molecule has 1 unspecified atom stereocenters. The van der Waals surface area contributed by atoms with Crippen LogP contribution in [0.25, 0.3) is 0 Å². The Morgan fingerprint density at radius 2 is 1.85 bits per heavy atom. The Morgan fingerprint density at radius 3 is 2.50 bits per heavy atom. The maximum Gasteiger partial charge on any atom is 0.129 e. The first-order valence-electron chi connectivity index (χ1n) is 6.47. The van der Waals surface area contributed by atoms with Crippen molar-refractivity contribution < 1.29 is 9.50 Å². The van der Waals surface area contributed by atoms with Gasteiger partial charge in [0.2, 0.25) is 0 Å². The molecule has 0 bridgehead atoms. The molecule has 0 heterocycles. The second-order valence-corrected chi connectivity index (χ2v) is 5.40. The van der Waals surface area contributed by atoms with Gasteiger partial charge in [0.1, 0.15) is 5.82 Å². The summed E-state index contributed by atoms with van der Waals surface area (Å²) in [6.45, 7) is 0.978. The number of hydrogen-bond acceptors (Lipinski definition) is 3. The summed E-state index contributed by atoms with van der Waals surface area (Å²) in [6, 6.07) is 14.5. The topological polar surface area (TPSA) is 32.3 Å². The van der Waals surface area contributed by atoms with E-state index in [1.807, 2.05) is 18.4 Å². The third-order valence-electron chi connectivity index (χ3n) is 3.09. The zero-order chi connectivity index (χ0) is 14.4. The van der Waals surface area contributed by atoms with Crippen molar-refractivity contribution in [2.24, 2.45) is 0 Å². The lowest BCUT2D eigenvalue weighted by molar-refractivity contribution is 0.169. The van der Waals surface area contributed by atoms with Crippen molar-refractivity contribution in [3.63, 3.8) is 0 Å². The molecule has 0 aromatic heterocycles. The summed E-state index contributed by atoms with van der Waals surface area (Å²) in [7, 11) is 0. The van der Waals surface area contributed by atoms with Crippen LogP contribution >= 0.6 is 11.8 Å². The summed E-state index contributed by atoms with van der Waals surface area (Å²) < 4.78 is 13.5. The van der Waals surface area contributed by atoms with Crippen molar-refractivity contribution in [2.75, 3.05) is 12.8 Å². The highest BCUT2D eigenvalue weighted by Gasteiger charge is 2.11. The standard InChI is InChI=1S/C16H18FNOS/c1-20-13-8-6-12(7-9-13)10-18-11-16(19)14-4-2-3-5-15(14)17/h2-9,16,18-19H,10-11H2,1H3. The Hall–Kier alpha value is -1.36.